The summed E-state index contributed by atoms with van der Waals surface area (Å²) < 4.78 is 0. The van der Waals surface area contributed by atoms with Gasteiger partial charge in [0.25, 0.3) is 5.91 Å². The number of carbonyl (C=O) groups is 1. The van der Waals surface area contributed by atoms with Gasteiger partial charge >= 0.3 is 0 Å². The monoisotopic (exact) mass is 257 g/mol. The van der Waals surface area contributed by atoms with Crippen LogP contribution in [0.3, 0.4) is 0 Å². The van der Waals surface area contributed by atoms with Crippen LogP contribution in [0, 0.1) is 30.6 Å². The van der Waals surface area contributed by atoms with Gasteiger partial charge < -0.3 is 10.4 Å². The van der Waals surface area contributed by atoms with Crippen molar-refractivity contribution in [2.45, 2.75) is 20.3 Å². The van der Waals surface area contributed by atoms with E-state index in [0.717, 1.165) is 23.6 Å². The third kappa shape index (κ3) is 3.36. The molecule has 1 fully saturated rings. The molecule has 0 heterocycles. The van der Waals surface area contributed by atoms with Crippen LogP contribution >= 0.6 is 0 Å². The Morgan fingerprint density at radius 1 is 1.53 bits per heavy atom. The Hall–Kier alpha value is -1.79. The van der Waals surface area contributed by atoms with Gasteiger partial charge in [-0.3, -0.25) is 4.79 Å². The number of benzene rings is 1. The highest BCUT2D eigenvalue weighted by molar-refractivity contribution is 5.96. The Kier molecular flexibility index (Phi) is 4.24. The zero-order valence-electron chi connectivity index (χ0n) is 11.4. The van der Waals surface area contributed by atoms with Gasteiger partial charge in [-0.25, -0.2) is 0 Å². The maximum atomic E-state index is 12.1. The largest absolute Gasteiger partial charge is 0.384 e. The van der Waals surface area contributed by atoms with Crippen LogP contribution in [0.1, 0.15) is 34.8 Å². The molecule has 0 spiro atoms. The second-order valence-electron chi connectivity index (χ2n) is 5.12. The molecule has 0 aromatic heterocycles. The van der Waals surface area contributed by atoms with Crippen LogP contribution in [-0.2, 0) is 0 Å². The predicted molar refractivity (Wildman–Crippen MR) is 74.7 cm³/mol. The maximum absolute atomic E-state index is 12.1. The number of rotatable bonds is 3. The van der Waals surface area contributed by atoms with Gasteiger partial charge in [0.05, 0.1) is 0 Å². The van der Waals surface area contributed by atoms with Crippen LogP contribution in [-0.4, -0.2) is 24.2 Å². The van der Waals surface area contributed by atoms with Crippen molar-refractivity contribution in [1.82, 2.24) is 5.32 Å². The first-order valence-electron chi connectivity index (χ1n) is 6.61. The first kappa shape index (κ1) is 13.6. The molecule has 0 bridgehead atoms. The van der Waals surface area contributed by atoms with Crippen LogP contribution in [0.25, 0.3) is 0 Å². The standard InChI is InChI=1S/C16H19NO2/c1-11-9-14(11)10-17-16(19)15-7-3-5-13(12(15)2)6-4-8-18/h3,5,7,11,14,18H,8-10H2,1-2H3,(H,17,19). The molecular formula is C16H19NO2. The molecule has 1 saturated carbocycles. The summed E-state index contributed by atoms with van der Waals surface area (Å²) in [6.45, 7) is 4.67. The first-order chi connectivity index (χ1) is 9.13. The molecule has 1 aromatic rings. The normalized spacial score (nSPS) is 20.4. The number of hydrogen-bond acceptors (Lipinski definition) is 2. The lowest BCUT2D eigenvalue weighted by molar-refractivity contribution is 0.0950. The molecule has 1 aromatic carbocycles. The van der Waals surface area contributed by atoms with E-state index in [1.165, 1.54) is 6.42 Å². The van der Waals surface area contributed by atoms with Gasteiger partial charge in [0.1, 0.15) is 6.61 Å². The molecule has 19 heavy (non-hydrogen) atoms. The van der Waals surface area contributed by atoms with E-state index in [1.807, 2.05) is 25.1 Å². The number of nitrogens with one attached hydrogen (secondary N) is 1. The summed E-state index contributed by atoms with van der Waals surface area (Å²) >= 11 is 0. The molecule has 1 aliphatic carbocycles. The average Bonchev–Trinajstić information content (AvgIpc) is 3.11. The van der Waals surface area contributed by atoms with Crippen LogP contribution in [0.2, 0.25) is 0 Å². The number of hydrogen-bond donors (Lipinski definition) is 2. The Labute approximate surface area is 114 Å². The lowest BCUT2D eigenvalue weighted by atomic mass is 10.0. The Morgan fingerprint density at radius 3 is 2.89 bits per heavy atom. The van der Waals surface area contributed by atoms with E-state index in [2.05, 4.69) is 24.1 Å². The molecule has 2 N–H and O–H groups in total. The summed E-state index contributed by atoms with van der Waals surface area (Å²) in [5.74, 6) is 6.82. The molecule has 0 radical (unpaired) electrons. The fraction of sp³-hybridized carbons (Fsp3) is 0.438. The molecule has 0 aliphatic heterocycles. The molecule has 2 atom stereocenters. The summed E-state index contributed by atoms with van der Waals surface area (Å²) in [7, 11) is 0. The van der Waals surface area contributed by atoms with Gasteiger partial charge in [0, 0.05) is 17.7 Å². The van der Waals surface area contributed by atoms with Crippen molar-refractivity contribution < 1.29 is 9.90 Å². The average molecular weight is 257 g/mol. The lowest BCUT2D eigenvalue weighted by Crippen LogP contribution is -2.26. The van der Waals surface area contributed by atoms with Crippen molar-refractivity contribution in [2.24, 2.45) is 11.8 Å². The number of amides is 1. The molecule has 0 saturated heterocycles. The minimum Gasteiger partial charge on any atom is -0.384 e. The Balaban J connectivity index is 2.08. The SMILES string of the molecule is Cc1c(C#CCO)cccc1C(=O)NCC1CC1C. The van der Waals surface area contributed by atoms with Gasteiger partial charge in [-0.1, -0.05) is 24.8 Å². The molecule has 3 heteroatoms. The van der Waals surface area contributed by atoms with Gasteiger partial charge in [0.2, 0.25) is 0 Å². The van der Waals surface area contributed by atoms with E-state index >= 15 is 0 Å². The van der Waals surface area contributed by atoms with Gasteiger partial charge in [-0.15, -0.1) is 0 Å². The Bertz CT molecular complexity index is 539. The Morgan fingerprint density at radius 2 is 2.26 bits per heavy atom. The van der Waals surface area contributed by atoms with Crippen LogP contribution in [0.4, 0.5) is 0 Å². The van der Waals surface area contributed by atoms with Gasteiger partial charge in [0.15, 0.2) is 0 Å². The molecule has 2 rings (SSSR count). The third-order valence-electron chi connectivity index (χ3n) is 3.68. The van der Waals surface area contributed by atoms with E-state index in [1.54, 1.807) is 0 Å². The first-order valence-corrected chi connectivity index (χ1v) is 6.61. The molecule has 3 nitrogen and oxygen atoms in total. The second-order valence-corrected chi connectivity index (χ2v) is 5.12. The third-order valence-corrected chi connectivity index (χ3v) is 3.68. The summed E-state index contributed by atoms with van der Waals surface area (Å²) in [6.07, 6.45) is 1.21. The van der Waals surface area contributed by atoms with Gasteiger partial charge in [-0.05, 0) is 42.9 Å². The van der Waals surface area contributed by atoms with Crippen molar-refractivity contribution in [2.75, 3.05) is 13.2 Å². The zero-order chi connectivity index (χ0) is 13.8. The van der Waals surface area contributed by atoms with Crippen molar-refractivity contribution in [3.05, 3.63) is 34.9 Å². The topological polar surface area (TPSA) is 49.3 Å². The van der Waals surface area contributed by atoms with E-state index in [9.17, 15) is 4.79 Å². The highest BCUT2D eigenvalue weighted by Gasteiger charge is 2.32. The van der Waals surface area contributed by atoms with E-state index in [4.69, 9.17) is 5.11 Å². The smallest absolute Gasteiger partial charge is 0.251 e. The van der Waals surface area contributed by atoms with E-state index < -0.39 is 0 Å². The van der Waals surface area contributed by atoms with Crippen LogP contribution in [0.15, 0.2) is 18.2 Å². The quantitative estimate of drug-likeness (QED) is 0.810. The molecule has 1 aliphatic rings. The van der Waals surface area contributed by atoms with Crippen molar-refractivity contribution in [1.29, 1.82) is 0 Å². The van der Waals surface area contributed by atoms with E-state index in [-0.39, 0.29) is 12.5 Å². The van der Waals surface area contributed by atoms with Crippen LogP contribution < -0.4 is 5.32 Å². The zero-order valence-corrected chi connectivity index (χ0v) is 11.4. The maximum Gasteiger partial charge on any atom is 0.251 e. The van der Waals surface area contributed by atoms with Crippen LogP contribution in [0.5, 0.6) is 0 Å². The van der Waals surface area contributed by atoms with E-state index in [0.29, 0.717) is 11.5 Å². The summed E-state index contributed by atoms with van der Waals surface area (Å²) in [5, 5.41) is 11.7. The van der Waals surface area contributed by atoms with Crippen molar-refractivity contribution in [3.8, 4) is 11.8 Å². The fourth-order valence-corrected chi connectivity index (χ4v) is 2.15. The number of aliphatic hydroxyl groups excluding tert-OH is 1. The summed E-state index contributed by atoms with van der Waals surface area (Å²) in [5.41, 5.74) is 2.32. The summed E-state index contributed by atoms with van der Waals surface area (Å²) in [4.78, 5) is 12.1. The second kappa shape index (κ2) is 5.90. The minimum atomic E-state index is -0.171. The van der Waals surface area contributed by atoms with Gasteiger partial charge in [-0.2, -0.15) is 0 Å². The number of carbonyl (C=O) groups excluding carboxylic acids is 1. The molecule has 2 unspecified atom stereocenters. The molecule has 100 valence electrons. The molecular weight excluding hydrogens is 238 g/mol. The predicted octanol–water partition coefficient (Wildman–Crippen LogP) is 1.72. The number of aliphatic hydroxyl groups is 1. The van der Waals surface area contributed by atoms with Crippen molar-refractivity contribution >= 4 is 5.91 Å². The highest BCUT2D eigenvalue weighted by Crippen LogP contribution is 2.36. The fourth-order valence-electron chi connectivity index (χ4n) is 2.15. The summed E-state index contributed by atoms with van der Waals surface area (Å²) in [6, 6.07) is 5.49. The lowest BCUT2D eigenvalue weighted by Gasteiger charge is -2.08. The molecule has 1 amide bonds. The van der Waals surface area contributed by atoms with Crippen molar-refractivity contribution in [3.63, 3.8) is 0 Å². The highest BCUT2D eigenvalue weighted by atomic mass is 16.2. The minimum absolute atomic E-state index is 0.0377.